The molecule has 2 heteroatoms. The van der Waals surface area contributed by atoms with Gasteiger partial charge in [-0.25, -0.2) is 0 Å². The van der Waals surface area contributed by atoms with Gasteiger partial charge in [0.25, 0.3) is 0 Å². The Hall–Kier alpha value is -0.0800. The third kappa shape index (κ3) is 4.09. The topological polar surface area (TPSA) is 32.3 Å². The minimum atomic E-state index is 0.286. The minimum Gasteiger partial charge on any atom is -0.396 e. The summed E-state index contributed by atoms with van der Waals surface area (Å²) in [6.45, 7) is 5.41. The van der Waals surface area contributed by atoms with E-state index in [0.29, 0.717) is 6.04 Å². The maximum atomic E-state index is 8.42. The van der Waals surface area contributed by atoms with Crippen LogP contribution in [0.2, 0.25) is 0 Å². The molecular formula is C6H15NO. The van der Waals surface area contributed by atoms with Gasteiger partial charge < -0.3 is 10.4 Å². The van der Waals surface area contributed by atoms with Crippen molar-refractivity contribution in [3.8, 4) is 0 Å². The summed E-state index contributed by atoms with van der Waals surface area (Å²) in [6, 6.07) is 0.463. The van der Waals surface area contributed by atoms with Crippen LogP contribution in [0.25, 0.3) is 0 Å². The largest absolute Gasteiger partial charge is 0.396 e. The number of rotatable bonds is 4. The molecule has 0 aliphatic heterocycles. The van der Waals surface area contributed by atoms with Crippen molar-refractivity contribution in [1.29, 1.82) is 0 Å². The Labute approximate surface area is 50.9 Å². The summed E-state index contributed by atoms with van der Waals surface area (Å²) in [5.74, 6) is 0. The molecule has 0 aromatic carbocycles. The van der Waals surface area contributed by atoms with E-state index >= 15 is 0 Å². The summed E-state index contributed by atoms with van der Waals surface area (Å²) < 4.78 is 0. The smallest absolute Gasteiger partial charge is 0.0445 e. The van der Waals surface area contributed by atoms with Crippen LogP contribution in [0.15, 0.2) is 0 Å². The van der Waals surface area contributed by atoms with E-state index in [-0.39, 0.29) is 6.61 Å². The fourth-order valence-corrected chi connectivity index (χ4v) is 0.644. The van der Waals surface area contributed by atoms with Gasteiger partial charge in [-0.1, -0.05) is 6.92 Å². The van der Waals surface area contributed by atoms with Crippen molar-refractivity contribution in [3.05, 3.63) is 0 Å². The fraction of sp³-hybridized carbons (Fsp3) is 1.00. The Morgan fingerprint density at radius 3 is 2.62 bits per heavy atom. The summed E-state index contributed by atoms with van der Waals surface area (Å²) in [4.78, 5) is 0. The lowest BCUT2D eigenvalue weighted by Gasteiger charge is -2.08. The quantitative estimate of drug-likeness (QED) is 0.557. The Bertz CT molecular complexity index is 41.8. The molecule has 2 nitrogen and oxygen atoms in total. The molecule has 0 amide bonds. The zero-order chi connectivity index (χ0) is 6.41. The molecule has 2 N–H and O–H groups in total. The Kier molecular flexibility index (Phi) is 5.01. The van der Waals surface area contributed by atoms with Gasteiger partial charge in [0, 0.05) is 12.6 Å². The van der Waals surface area contributed by atoms with Crippen LogP contribution in [0, 0.1) is 0 Å². The van der Waals surface area contributed by atoms with E-state index in [0.717, 1.165) is 13.0 Å². The Morgan fingerprint density at radius 2 is 2.25 bits per heavy atom. The van der Waals surface area contributed by atoms with Gasteiger partial charge in [0.05, 0.1) is 0 Å². The summed E-state index contributed by atoms with van der Waals surface area (Å²) >= 11 is 0. The Balaban J connectivity index is 2.92. The van der Waals surface area contributed by atoms with Gasteiger partial charge in [0.15, 0.2) is 0 Å². The van der Waals surface area contributed by atoms with Gasteiger partial charge in [-0.2, -0.15) is 0 Å². The standard InChI is InChI=1S/C6H15NO/c1-3-7-6(2)4-5-8/h6-8H,3-5H2,1-2H3. The highest BCUT2D eigenvalue weighted by molar-refractivity contribution is 4.56. The van der Waals surface area contributed by atoms with E-state index in [1.165, 1.54) is 0 Å². The molecular weight excluding hydrogens is 102 g/mol. The minimum absolute atomic E-state index is 0.286. The number of nitrogens with one attached hydrogen (secondary N) is 1. The predicted molar refractivity (Wildman–Crippen MR) is 34.8 cm³/mol. The number of hydrogen-bond acceptors (Lipinski definition) is 2. The summed E-state index contributed by atoms with van der Waals surface area (Å²) in [7, 11) is 0. The van der Waals surface area contributed by atoms with Crippen molar-refractivity contribution in [3.63, 3.8) is 0 Å². The first-order chi connectivity index (χ1) is 3.81. The molecule has 0 fully saturated rings. The zero-order valence-corrected chi connectivity index (χ0v) is 5.65. The molecule has 0 saturated heterocycles. The molecule has 0 saturated carbocycles. The van der Waals surface area contributed by atoms with Crippen LogP contribution >= 0.6 is 0 Å². The van der Waals surface area contributed by atoms with Crippen LogP contribution in [-0.2, 0) is 0 Å². The fourth-order valence-electron chi connectivity index (χ4n) is 0.644. The second kappa shape index (κ2) is 5.06. The van der Waals surface area contributed by atoms with Gasteiger partial charge >= 0.3 is 0 Å². The number of hydrogen-bond donors (Lipinski definition) is 2. The molecule has 0 aromatic rings. The van der Waals surface area contributed by atoms with E-state index in [9.17, 15) is 0 Å². The normalized spacial score (nSPS) is 13.9. The monoisotopic (exact) mass is 117 g/mol. The average Bonchev–Trinajstić information content (AvgIpc) is 1.68. The van der Waals surface area contributed by atoms with Gasteiger partial charge in [0.1, 0.15) is 0 Å². The highest BCUT2D eigenvalue weighted by Crippen LogP contribution is 1.85. The first-order valence-electron chi connectivity index (χ1n) is 3.15. The van der Waals surface area contributed by atoms with E-state index in [4.69, 9.17) is 5.11 Å². The molecule has 0 radical (unpaired) electrons. The highest BCUT2D eigenvalue weighted by Gasteiger charge is 1.94. The van der Waals surface area contributed by atoms with E-state index < -0.39 is 0 Å². The third-order valence-electron chi connectivity index (χ3n) is 1.11. The molecule has 0 aromatic heterocycles. The average molecular weight is 117 g/mol. The van der Waals surface area contributed by atoms with E-state index in [1.54, 1.807) is 0 Å². The molecule has 0 bridgehead atoms. The van der Waals surface area contributed by atoms with Crippen molar-refractivity contribution in [2.75, 3.05) is 13.2 Å². The van der Waals surface area contributed by atoms with Crippen LogP contribution in [0.5, 0.6) is 0 Å². The van der Waals surface area contributed by atoms with Crippen molar-refractivity contribution in [2.24, 2.45) is 0 Å². The molecule has 0 rings (SSSR count). The van der Waals surface area contributed by atoms with E-state index in [2.05, 4.69) is 19.2 Å². The van der Waals surface area contributed by atoms with Gasteiger partial charge in [-0.3, -0.25) is 0 Å². The lowest BCUT2D eigenvalue weighted by Crippen LogP contribution is -2.26. The van der Waals surface area contributed by atoms with Gasteiger partial charge in [0.2, 0.25) is 0 Å². The van der Waals surface area contributed by atoms with Crippen molar-refractivity contribution in [1.82, 2.24) is 5.32 Å². The van der Waals surface area contributed by atoms with Crippen LogP contribution < -0.4 is 5.32 Å². The molecule has 50 valence electrons. The maximum Gasteiger partial charge on any atom is 0.0445 e. The SMILES string of the molecule is CCNC(C)CCO. The second-order valence-electron chi connectivity index (χ2n) is 1.97. The first-order valence-corrected chi connectivity index (χ1v) is 3.15. The summed E-state index contributed by atoms with van der Waals surface area (Å²) in [6.07, 6.45) is 0.855. The van der Waals surface area contributed by atoms with E-state index in [1.807, 2.05) is 0 Å². The van der Waals surface area contributed by atoms with Crippen molar-refractivity contribution in [2.45, 2.75) is 26.3 Å². The third-order valence-corrected chi connectivity index (χ3v) is 1.11. The first kappa shape index (κ1) is 7.92. The lowest BCUT2D eigenvalue weighted by atomic mass is 10.2. The number of aliphatic hydroxyl groups excluding tert-OH is 1. The highest BCUT2D eigenvalue weighted by atomic mass is 16.3. The lowest BCUT2D eigenvalue weighted by molar-refractivity contribution is 0.270. The maximum absolute atomic E-state index is 8.42. The molecule has 1 atom stereocenters. The van der Waals surface area contributed by atoms with Crippen LogP contribution in [0.4, 0.5) is 0 Å². The Morgan fingerprint density at radius 1 is 1.62 bits per heavy atom. The van der Waals surface area contributed by atoms with Crippen LogP contribution in [0.1, 0.15) is 20.3 Å². The summed E-state index contributed by atoms with van der Waals surface area (Å²) in [5, 5.41) is 11.6. The van der Waals surface area contributed by atoms with Gasteiger partial charge in [-0.05, 0) is 19.9 Å². The second-order valence-corrected chi connectivity index (χ2v) is 1.97. The molecule has 8 heavy (non-hydrogen) atoms. The molecule has 0 aliphatic carbocycles. The van der Waals surface area contributed by atoms with Crippen molar-refractivity contribution < 1.29 is 5.11 Å². The zero-order valence-electron chi connectivity index (χ0n) is 5.65. The molecule has 0 spiro atoms. The molecule has 0 heterocycles. The van der Waals surface area contributed by atoms with Crippen molar-refractivity contribution >= 4 is 0 Å². The van der Waals surface area contributed by atoms with Crippen LogP contribution in [0.3, 0.4) is 0 Å². The van der Waals surface area contributed by atoms with Gasteiger partial charge in [-0.15, -0.1) is 0 Å². The molecule has 1 unspecified atom stereocenters. The summed E-state index contributed by atoms with van der Waals surface area (Å²) in [5.41, 5.74) is 0. The predicted octanol–water partition coefficient (Wildman–Crippen LogP) is 0.367. The number of aliphatic hydroxyl groups is 1. The van der Waals surface area contributed by atoms with Crippen LogP contribution in [-0.4, -0.2) is 24.3 Å². The molecule has 0 aliphatic rings.